The first kappa shape index (κ1) is 9.15. The van der Waals surface area contributed by atoms with Crippen molar-refractivity contribution < 1.29 is 9.53 Å². The average molecular weight is 192 g/mol. The number of hydrogen-bond donors (Lipinski definition) is 1. The normalized spacial score (nSPS) is 18.4. The minimum atomic E-state index is -0.214. The second kappa shape index (κ2) is 3.38. The van der Waals surface area contributed by atoms with Crippen molar-refractivity contribution in [2.45, 2.75) is 12.5 Å². The molecule has 0 aromatic carbocycles. The highest BCUT2D eigenvalue weighted by molar-refractivity contribution is 5.92. The van der Waals surface area contributed by atoms with Crippen molar-refractivity contribution in [2.75, 3.05) is 13.2 Å². The van der Waals surface area contributed by atoms with Gasteiger partial charge in [-0.25, -0.2) is 0 Å². The van der Waals surface area contributed by atoms with Gasteiger partial charge in [0.05, 0.1) is 18.8 Å². The molecule has 2 heterocycles. The molecule has 0 aliphatic carbocycles. The summed E-state index contributed by atoms with van der Waals surface area (Å²) in [5.41, 5.74) is 0.231. The van der Waals surface area contributed by atoms with Crippen LogP contribution in [0.2, 0.25) is 0 Å². The highest BCUT2D eigenvalue weighted by Gasteiger charge is 2.35. The number of nitrogens with zero attached hydrogens (tertiary/aromatic N) is 1. The molecule has 14 heavy (non-hydrogen) atoms. The van der Waals surface area contributed by atoms with Gasteiger partial charge in [-0.15, -0.1) is 0 Å². The Bertz CT molecular complexity index is 333. The third-order valence-electron chi connectivity index (χ3n) is 2.15. The summed E-state index contributed by atoms with van der Waals surface area (Å²) in [4.78, 5) is 15.6. The lowest BCUT2D eigenvalue weighted by atomic mass is 10.0. The predicted molar refractivity (Wildman–Crippen MR) is 50.9 cm³/mol. The third-order valence-corrected chi connectivity index (χ3v) is 2.15. The maximum atomic E-state index is 11.6. The minimum Gasteiger partial charge on any atom is -0.376 e. The molecule has 1 amide bonds. The standard InChI is InChI=1S/C10H12N2O2/c1-10(6-14-7-10)12-9(13)8-4-2-3-5-11-8/h2-5H,6-7H2,1H3,(H,12,13). The van der Waals surface area contributed by atoms with Crippen LogP contribution in [0.5, 0.6) is 0 Å². The molecular formula is C10H12N2O2. The van der Waals surface area contributed by atoms with E-state index in [0.29, 0.717) is 18.9 Å². The number of rotatable bonds is 2. The van der Waals surface area contributed by atoms with Crippen molar-refractivity contribution in [2.24, 2.45) is 0 Å². The van der Waals surface area contributed by atoms with Gasteiger partial charge in [-0.1, -0.05) is 6.07 Å². The van der Waals surface area contributed by atoms with Gasteiger partial charge in [0.1, 0.15) is 5.69 Å². The summed E-state index contributed by atoms with van der Waals surface area (Å²) < 4.78 is 5.04. The fourth-order valence-electron chi connectivity index (χ4n) is 1.32. The van der Waals surface area contributed by atoms with Gasteiger partial charge >= 0.3 is 0 Å². The smallest absolute Gasteiger partial charge is 0.270 e. The van der Waals surface area contributed by atoms with Crippen molar-refractivity contribution in [3.05, 3.63) is 30.1 Å². The molecule has 0 spiro atoms. The van der Waals surface area contributed by atoms with Crippen LogP contribution in [0.3, 0.4) is 0 Å². The van der Waals surface area contributed by atoms with E-state index >= 15 is 0 Å². The van der Waals surface area contributed by atoms with Gasteiger partial charge in [-0.2, -0.15) is 0 Å². The summed E-state index contributed by atoms with van der Waals surface area (Å²) in [6.07, 6.45) is 1.61. The SMILES string of the molecule is CC1(NC(=O)c2ccccn2)COC1. The van der Waals surface area contributed by atoms with E-state index in [0.717, 1.165) is 0 Å². The number of pyridine rings is 1. The zero-order chi connectivity index (χ0) is 10.0. The average Bonchev–Trinajstić information content (AvgIpc) is 2.17. The molecule has 2 rings (SSSR count). The van der Waals surface area contributed by atoms with Crippen LogP contribution in [-0.2, 0) is 4.74 Å². The predicted octanol–water partition coefficient (Wildman–Crippen LogP) is 0.600. The third kappa shape index (κ3) is 1.75. The van der Waals surface area contributed by atoms with Crippen LogP contribution in [0.15, 0.2) is 24.4 Å². The quantitative estimate of drug-likeness (QED) is 0.746. The fourth-order valence-corrected chi connectivity index (χ4v) is 1.32. The number of aromatic nitrogens is 1. The number of nitrogens with one attached hydrogen (secondary N) is 1. The largest absolute Gasteiger partial charge is 0.376 e. The van der Waals surface area contributed by atoms with Crippen LogP contribution in [0.4, 0.5) is 0 Å². The first-order valence-corrected chi connectivity index (χ1v) is 4.51. The molecule has 0 unspecified atom stereocenters. The van der Waals surface area contributed by atoms with Crippen molar-refractivity contribution in [3.8, 4) is 0 Å². The van der Waals surface area contributed by atoms with Crippen LogP contribution in [0, 0.1) is 0 Å². The molecule has 0 bridgehead atoms. The number of carbonyl (C=O) groups excluding carboxylic acids is 1. The molecule has 4 nitrogen and oxygen atoms in total. The molecule has 0 atom stereocenters. The molecule has 1 saturated heterocycles. The van der Waals surface area contributed by atoms with Crippen LogP contribution < -0.4 is 5.32 Å². The van der Waals surface area contributed by atoms with E-state index in [1.165, 1.54) is 0 Å². The van der Waals surface area contributed by atoms with Gasteiger partial charge in [-0.05, 0) is 19.1 Å². The monoisotopic (exact) mass is 192 g/mol. The molecule has 1 N–H and O–H groups in total. The van der Waals surface area contributed by atoms with Crippen LogP contribution in [0.1, 0.15) is 17.4 Å². The van der Waals surface area contributed by atoms with E-state index in [-0.39, 0.29) is 11.4 Å². The molecule has 1 aromatic heterocycles. The Labute approximate surface area is 82.3 Å². The maximum absolute atomic E-state index is 11.6. The van der Waals surface area contributed by atoms with Gasteiger partial charge in [0.25, 0.3) is 5.91 Å². The van der Waals surface area contributed by atoms with E-state index in [1.54, 1.807) is 24.4 Å². The lowest BCUT2D eigenvalue weighted by Gasteiger charge is -2.38. The number of amides is 1. The topological polar surface area (TPSA) is 51.2 Å². The van der Waals surface area contributed by atoms with Gasteiger partial charge in [0.15, 0.2) is 0 Å². The fraction of sp³-hybridized carbons (Fsp3) is 0.400. The van der Waals surface area contributed by atoms with E-state index in [1.807, 2.05) is 6.92 Å². The molecule has 0 saturated carbocycles. The molecule has 1 fully saturated rings. The van der Waals surface area contributed by atoms with Crippen molar-refractivity contribution in [1.82, 2.24) is 10.3 Å². The van der Waals surface area contributed by atoms with Crippen molar-refractivity contribution in [1.29, 1.82) is 0 Å². The number of ether oxygens (including phenoxy) is 1. The number of hydrogen-bond acceptors (Lipinski definition) is 3. The Morgan fingerprint density at radius 2 is 2.36 bits per heavy atom. The van der Waals surface area contributed by atoms with Crippen LogP contribution in [0.25, 0.3) is 0 Å². The zero-order valence-electron chi connectivity index (χ0n) is 7.99. The van der Waals surface area contributed by atoms with Crippen molar-refractivity contribution in [3.63, 3.8) is 0 Å². The lowest BCUT2D eigenvalue weighted by Crippen LogP contribution is -2.59. The van der Waals surface area contributed by atoms with E-state index in [2.05, 4.69) is 10.3 Å². The van der Waals surface area contributed by atoms with Gasteiger partial charge < -0.3 is 10.1 Å². The minimum absolute atomic E-state index is 0.142. The van der Waals surface area contributed by atoms with E-state index < -0.39 is 0 Å². The Balaban J connectivity index is 2.03. The van der Waals surface area contributed by atoms with Gasteiger partial charge in [0.2, 0.25) is 0 Å². The lowest BCUT2D eigenvalue weighted by molar-refractivity contribution is -0.0594. The van der Waals surface area contributed by atoms with Crippen molar-refractivity contribution >= 4 is 5.91 Å². The highest BCUT2D eigenvalue weighted by atomic mass is 16.5. The Morgan fingerprint density at radius 1 is 1.57 bits per heavy atom. The number of carbonyl (C=O) groups is 1. The van der Waals surface area contributed by atoms with E-state index in [9.17, 15) is 4.79 Å². The Morgan fingerprint density at radius 3 is 2.86 bits per heavy atom. The second-order valence-corrected chi connectivity index (χ2v) is 3.72. The highest BCUT2D eigenvalue weighted by Crippen LogP contribution is 2.15. The summed E-state index contributed by atoms with van der Waals surface area (Å²) >= 11 is 0. The second-order valence-electron chi connectivity index (χ2n) is 3.72. The summed E-state index contributed by atoms with van der Waals surface area (Å²) in [6.45, 7) is 3.11. The molecule has 1 aliphatic heterocycles. The molecule has 4 heteroatoms. The molecule has 1 aromatic rings. The zero-order valence-corrected chi connectivity index (χ0v) is 7.99. The molecule has 74 valence electrons. The molecular weight excluding hydrogens is 180 g/mol. The first-order valence-electron chi connectivity index (χ1n) is 4.51. The molecule has 0 radical (unpaired) electrons. The summed E-state index contributed by atoms with van der Waals surface area (Å²) in [5, 5.41) is 2.88. The van der Waals surface area contributed by atoms with Gasteiger partial charge in [0, 0.05) is 6.20 Å². The Kier molecular flexibility index (Phi) is 2.21. The van der Waals surface area contributed by atoms with Crippen LogP contribution in [-0.4, -0.2) is 29.6 Å². The summed E-state index contributed by atoms with van der Waals surface area (Å²) in [5.74, 6) is -0.142. The summed E-state index contributed by atoms with van der Waals surface area (Å²) in [6, 6.07) is 5.27. The summed E-state index contributed by atoms with van der Waals surface area (Å²) in [7, 11) is 0. The van der Waals surface area contributed by atoms with Gasteiger partial charge in [-0.3, -0.25) is 9.78 Å². The Hall–Kier alpha value is -1.42. The maximum Gasteiger partial charge on any atom is 0.270 e. The van der Waals surface area contributed by atoms with E-state index in [4.69, 9.17) is 4.74 Å². The van der Waals surface area contributed by atoms with Crippen LogP contribution >= 0.6 is 0 Å². The molecule has 1 aliphatic rings. The first-order chi connectivity index (χ1) is 6.70.